The summed E-state index contributed by atoms with van der Waals surface area (Å²) in [6, 6.07) is -1.48. The predicted octanol–water partition coefficient (Wildman–Crippen LogP) is 11.5. The molecular formula is C43H78NO9P. The standard InChI is InChI=1S/C43H78NO9P/c1-3-5-7-9-11-13-15-17-18-19-20-21-22-24-26-28-30-32-34-36-50-37-40(38-51-54(48,49)52-39-41(44)43(46)47)53-42(45)35-33-31-29-27-25-23-16-14-12-10-8-6-4-2/h6,8,12,14,23,25,29,31,40-41H,3-5,7,9-11,13,15-22,24,26-28,30,32-39,44H2,1-2H3,(H,46,47)(H,48,49)/b8-6-,14-12-,25-23-,31-29-. The summed E-state index contributed by atoms with van der Waals surface area (Å²) in [6.07, 6.45) is 44.8. The highest BCUT2D eigenvalue weighted by molar-refractivity contribution is 7.47. The smallest absolute Gasteiger partial charge is 0.472 e. The lowest BCUT2D eigenvalue weighted by atomic mass is 10.0. The van der Waals surface area contributed by atoms with E-state index in [2.05, 4.69) is 50.3 Å². The van der Waals surface area contributed by atoms with E-state index in [1.165, 1.54) is 103 Å². The van der Waals surface area contributed by atoms with Gasteiger partial charge in [0.15, 0.2) is 0 Å². The molecule has 0 aliphatic carbocycles. The Kier molecular flexibility index (Phi) is 37.7. The van der Waals surface area contributed by atoms with Crippen molar-refractivity contribution in [3.8, 4) is 0 Å². The zero-order valence-corrected chi connectivity index (χ0v) is 35.0. The number of hydrogen-bond acceptors (Lipinski definition) is 8. The van der Waals surface area contributed by atoms with Gasteiger partial charge in [0.1, 0.15) is 12.1 Å². The summed E-state index contributed by atoms with van der Waals surface area (Å²) in [5.74, 6) is -1.86. The number of carboxylic acids is 1. The van der Waals surface area contributed by atoms with E-state index in [-0.39, 0.29) is 13.0 Å². The van der Waals surface area contributed by atoms with E-state index in [9.17, 15) is 19.0 Å². The summed E-state index contributed by atoms with van der Waals surface area (Å²) in [6.45, 7) is 3.68. The van der Waals surface area contributed by atoms with Crippen LogP contribution in [-0.2, 0) is 32.7 Å². The molecule has 0 amide bonds. The van der Waals surface area contributed by atoms with Crippen molar-refractivity contribution in [1.29, 1.82) is 0 Å². The van der Waals surface area contributed by atoms with Crippen LogP contribution in [0.3, 0.4) is 0 Å². The Labute approximate surface area is 329 Å². The molecule has 11 heteroatoms. The molecule has 0 aromatic rings. The maximum Gasteiger partial charge on any atom is 0.472 e. The van der Waals surface area contributed by atoms with Crippen molar-refractivity contribution < 1.29 is 42.7 Å². The normalized spacial score (nSPS) is 14.4. The number of allylic oxidation sites excluding steroid dienone is 8. The number of phosphoric acid groups is 1. The third-order valence-corrected chi connectivity index (χ3v) is 9.84. The van der Waals surface area contributed by atoms with Crippen molar-refractivity contribution in [2.75, 3.05) is 26.4 Å². The lowest BCUT2D eigenvalue weighted by Gasteiger charge is -2.20. The zero-order valence-electron chi connectivity index (χ0n) is 34.1. The van der Waals surface area contributed by atoms with Crippen LogP contribution in [0.2, 0.25) is 0 Å². The van der Waals surface area contributed by atoms with Gasteiger partial charge in [-0.25, -0.2) is 4.57 Å². The van der Waals surface area contributed by atoms with E-state index in [1.807, 2.05) is 12.2 Å². The number of hydrogen-bond donors (Lipinski definition) is 3. The minimum atomic E-state index is -4.63. The number of carbonyl (C=O) groups is 2. The summed E-state index contributed by atoms with van der Waals surface area (Å²) >= 11 is 0. The number of nitrogens with two attached hydrogens (primary N) is 1. The molecule has 0 spiro atoms. The van der Waals surface area contributed by atoms with Crippen molar-refractivity contribution in [1.82, 2.24) is 0 Å². The zero-order chi connectivity index (χ0) is 39.8. The van der Waals surface area contributed by atoms with Gasteiger partial charge in [-0.05, 0) is 38.5 Å². The monoisotopic (exact) mass is 784 g/mol. The highest BCUT2D eigenvalue weighted by Crippen LogP contribution is 2.43. The van der Waals surface area contributed by atoms with Crippen LogP contribution in [-0.4, -0.2) is 60.5 Å². The number of rotatable bonds is 40. The largest absolute Gasteiger partial charge is 0.480 e. The van der Waals surface area contributed by atoms with E-state index in [0.29, 0.717) is 13.0 Å². The topological polar surface area (TPSA) is 155 Å². The van der Waals surface area contributed by atoms with Crippen LogP contribution in [0.25, 0.3) is 0 Å². The molecule has 0 aromatic heterocycles. The molecule has 54 heavy (non-hydrogen) atoms. The molecular weight excluding hydrogens is 705 g/mol. The molecule has 0 bridgehead atoms. The minimum absolute atomic E-state index is 0.0105. The van der Waals surface area contributed by atoms with E-state index in [0.717, 1.165) is 44.9 Å². The van der Waals surface area contributed by atoms with Crippen molar-refractivity contribution in [3.05, 3.63) is 48.6 Å². The Balaban J connectivity index is 4.27. The van der Waals surface area contributed by atoms with Crippen LogP contribution in [0.15, 0.2) is 48.6 Å². The van der Waals surface area contributed by atoms with Crippen molar-refractivity contribution >= 4 is 19.8 Å². The van der Waals surface area contributed by atoms with Gasteiger partial charge in [-0.15, -0.1) is 0 Å². The van der Waals surface area contributed by atoms with E-state index >= 15 is 0 Å². The average molecular weight is 784 g/mol. The van der Waals surface area contributed by atoms with E-state index < -0.39 is 45.1 Å². The molecule has 3 unspecified atom stereocenters. The lowest BCUT2D eigenvalue weighted by Crippen LogP contribution is -2.34. The highest BCUT2D eigenvalue weighted by Gasteiger charge is 2.27. The summed E-state index contributed by atoms with van der Waals surface area (Å²) in [5.41, 5.74) is 5.34. The van der Waals surface area contributed by atoms with Crippen LogP contribution in [0.5, 0.6) is 0 Å². The molecule has 3 atom stereocenters. The highest BCUT2D eigenvalue weighted by atomic mass is 31.2. The Morgan fingerprint density at radius 3 is 1.50 bits per heavy atom. The summed E-state index contributed by atoms with van der Waals surface area (Å²) < 4.78 is 33.2. The number of esters is 1. The van der Waals surface area contributed by atoms with Crippen LogP contribution < -0.4 is 5.73 Å². The molecule has 4 N–H and O–H groups in total. The fourth-order valence-corrected chi connectivity index (χ4v) is 6.40. The van der Waals surface area contributed by atoms with Gasteiger partial charge in [0.05, 0.1) is 19.8 Å². The van der Waals surface area contributed by atoms with Gasteiger partial charge >= 0.3 is 19.8 Å². The second-order valence-electron chi connectivity index (χ2n) is 14.1. The second kappa shape index (κ2) is 39.2. The average Bonchev–Trinajstić information content (AvgIpc) is 3.15. The molecule has 0 aliphatic rings. The van der Waals surface area contributed by atoms with Crippen LogP contribution in [0, 0.1) is 0 Å². The van der Waals surface area contributed by atoms with Gasteiger partial charge in [-0.3, -0.25) is 18.6 Å². The Hall–Kier alpha value is -2.07. The molecule has 314 valence electrons. The number of phosphoric ester groups is 1. The summed E-state index contributed by atoms with van der Waals surface area (Å²) in [4.78, 5) is 33.4. The van der Waals surface area contributed by atoms with Gasteiger partial charge in [-0.1, -0.05) is 178 Å². The Morgan fingerprint density at radius 2 is 1.04 bits per heavy atom. The predicted molar refractivity (Wildman–Crippen MR) is 221 cm³/mol. The van der Waals surface area contributed by atoms with Gasteiger partial charge in [0, 0.05) is 13.0 Å². The molecule has 0 saturated carbocycles. The molecule has 10 nitrogen and oxygen atoms in total. The van der Waals surface area contributed by atoms with Gasteiger partial charge < -0.3 is 25.2 Å². The Morgan fingerprint density at radius 1 is 0.611 bits per heavy atom. The first kappa shape index (κ1) is 51.9. The SMILES string of the molecule is CC/C=C\C/C=C\C/C=C\C/C=C\CCC(=O)OC(COCCCCCCCCCCCCCCCCCCCCC)COP(=O)(O)OCC(N)C(=O)O. The number of aliphatic carboxylic acids is 1. The first-order valence-corrected chi connectivity index (χ1v) is 22.7. The van der Waals surface area contributed by atoms with Gasteiger partial charge in [0.25, 0.3) is 0 Å². The fraction of sp³-hybridized carbons (Fsp3) is 0.767. The molecule has 0 rings (SSSR count). The van der Waals surface area contributed by atoms with Crippen LogP contribution >= 0.6 is 7.82 Å². The summed E-state index contributed by atoms with van der Waals surface area (Å²) in [7, 11) is -4.63. The van der Waals surface area contributed by atoms with Crippen molar-refractivity contribution in [2.45, 2.75) is 187 Å². The van der Waals surface area contributed by atoms with Crippen LogP contribution in [0.4, 0.5) is 0 Å². The van der Waals surface area contributed by atoms with Crippen molar-refractivity contribution in [2.24, 2.45) is 5.73 Å². The van der Waals surface area contributed by atoms with E-state index in [1.54, 1.807) is 0 Å². The third kappa shape index (κ3) is 38.2. The van der Waals surface area contributed by atoms with Crippen LogP contribution in [0.1, 0.15) is 174 Å². The Bertz CT molecular complexity index is 1050. The third-order valence-electron chi connectivity index (χ3n) is 8.89. The number of carbonyl (C=O) groups excluding carboxylic acids is 1. The van der Waals surface area contributed by atoms with E-state index in [4.69, 9.17) is 29.4 Å². The van der Waals surface area contributed by atoms with Crippen molar-refractivity contribution in [3.63, 3.8) is 0 Å². The number of unbranched alkanes of at least 4 members (excludes halogenated alkanes) is 18. The van der Waals surface area contributed by atoms with Gasteiger partial charge in [0.2, 0.25) is 0 Å². The molecule has 0 aliphatic heterocycles. The maximum absolute atomic E-state index is 12.5. The minimum Gasteiger partial charge on any atom is -0.480 e. The quantitative estimate of drug-likeness (QED) is 0.0237. The summed E-state index contributed by atoms with van der Waals surface area (Å²) in [5, 5.41) is 8.88. The molecule has 0 radical (unpaired) electrons. The first-order valence-electron chi connectivity index (χ1n) is 21.2. The second-order valence-corrected chi connectivity index (χ2v) is 15.5. The lowest BCUT2D eigenvalue weighted by molar-refractivity contribution is -0.154. The number of carboxylic acid groups (broad SMARTS) is 1. The number of ether oxygens (including phenoxy) is 2. The molecule has 0 heterocycles. The van der Waals surface area contributed by atoms with Gasteiger partial charge in [-0.2, -0.15) is 0 Å². The molecule has 0 fully saturated rings. The first-order chi connectivity index (χ1) is 26.2. The molecule has 0 saturated heterocycles. The molecule has 0 aromatic carbocycles. The maximum atomic E-state index is 12.5. The fourth-order valence-electron chi connectivity index (χ4n) is 5.62.